The molecule has 0 saturated heterocycles. The van der Waals surface area contributed by atoms with Crippen molar-refractivity contribution in [2.24, 2.45) is 0 Å². The minimum atomic E-state index is -4.72. The van der Waals surface area contributed by atoms with Crippen LogP contribution in [0.5, 0.6) is 0 Å². The van der Waals surface area contributed by atoms with E-state index in [0.717, 1.165) is 96.1 Å². The first-order valence-corrected chi connectivity index (χ1v) is 20.8. The minimum absolute atomic E-state index is 0.129. The summed E-state index contributed by atoms with van der Waals surface area (Å²) in [5.41, 5.74) is 4.29. The molecule has 0 aliphatic heterocycles. The topological polar surface area (TPSA) is 57.4 Å². The first-order valence-electron chi connectivity index (χ1n) is 19.2. The number of fused-ring (bicyclic) bond motifs is 14. The fourth-order valence-corrected chi connectivity index (χ4v) is 11.6. The Labute approximate surface area is 347 Å². The van der Waals surface area contributed by atoms with Crippen molar-refractivity contribution in [1.82, 2.24) is 9.13 Å². The summed E-state index contributed by atoms with van der Waals surface area (Å²) in [5.74, 6) is 0. The molecular weight excluding hydrogens is 790 g/mol. The fourth-order valence-electron chi connectivity index (χ4n) is 9.37. The molecule has 4 aromatic heterocycles. The summed E-state index contributed by atoms with van der Waals surface area (Å²) in [6, 6.07) is 52.9. The lowest BCUT2D eigenvalue weighted by Crippen LogP contribution is -2.08. The molecule has 0 spiro atoms. The Balaban J connectivity index is 1.32. The maximum absolute atomic E-state index is 14.6. The SMILES string of the molecule is N#Cc1cc(-c2ccc(-n3c4ccccc4c4ccc5sc6ccccc6c5c43)c(C#N)c2-n2c3ccccc3c3ccc4sc5ccccc5c4c32)cc(C(F)(F)F)c1. The van der Waals surface area contributed by atoms with Gasteiger partial charge in [0.15, 0.2) is 0 Å². The quantitative estimate of drug-likeness (QED) is 0.178. The normalized spacial score (nSPS) is 12.2. The van der Waals surface area contributed by atoms with Gasteiger partial charge in [-0.3, -0.25) is 0 Å². The van der Waals surface area contributed by atoms with Crippen LogP contribution < -0.4 is 0 Å². The number of rotatable bonds is 3. The zero-order chi connectivity index (χ0) is 40.4. The predicted molar refractivity (Wildman–Crippen MR) is 241 cm³/mol. The van der Waals surface area contributed by atoms with Crippen molar-refractivity contribution in [3.05, 3.63) is 168 Å². The highest BCUT2D eigenvalue weighted by molar-refractivity contribution is 7.26. The maximum Gasteiger partial charge on any atom is 0.416 e. The van der Waals surface area contributed by atoms with Crippen LogP contribution in [0.15, 0.2) is 152 Å². The molecule has 0 saturated carbocycles. The van der Waals surface area contributed by atoms with Gasteiger partial charge in [-0.2, -0.15) is 23.7 Å². The van der Waals surface area contributed by atoms with Crippen LogP contribution >= 0.6 is 22.7 Å². The molecule has 4 nitrogen and oxygen atoms in total. The van der Waals surface area contributed by atoms with Crippen molar-refractivity contribution in [3.63, 3.8) is 0 Å². The van der Waals surface area contributed by atoms with Gasteiger partial charge in [0.1, 0.15) is 11.6 Å². The predicted octanol–water partition coefficient (Wildman–Crippen LogP) is 15.0. The van der Waals surface area contributed by atoms with E-state index in [0.29, 0.717) is 16.9 Å². The van der Waals surface area contributed by atoms with E-state index in [1.165, 1.54) is 6.07 Å². The van der Waals surface area contributed by atoms with Gasteiger partial charge < -0.3 is 9.13 Å². The Morgan fingerprint density at radius 1 is 0.483 bits per heavy atom. The van der Waals surface area contributed by atoms with E-state index in [1.54, 1.807) is 22.7 Å². The largest absolute Gasteiger partial charge is 0.416 e. The van der Waals surface area contributed by atoms with E-state index in [-0.39, 0.29) is 16.7 Å². The van der Waals surface area contributed by atoms with Crippen molar-refractivity contribution in [2.75, 3.05) is 0 Å². The molecular formula is C51H25F3N4S2. The third-order valence-electron chi connectivity index (χ3n) is 11.8. The number of alkyl halides is 3. The van der Waals surface area contributed by atoms with Crippen LogP contribution in [0.3, 0.4) is 0 Å². The first-order chi connectivity index (χ1) is 29.3. The highest BCUT2D eigenvalue weighted by atomic mass is 32.1. The van der Waals surface area contributed by atoms with Crippen LogP contribution in [-0.4, -0.2) is 9.13 Å². The second-order valence-electron chi connectivity index (χ2n) is 14.9. The number of thiophene rings is 2. The second-order valence-corrected chi connectivity index (χ2v) is 17.1. The monoisotopic (exact) mass is 814 g/mol. The smallest absolute Gasteiger partial charge is 0.307 e. The molecule has 0 aliphatic carbocycles. The Kier molecular flexibility index (Phi) is 7.23. The van der Waals surface area contributed by atoms with Crippen LogP contribution in [0.25, 0.3) is 106 Å². The molecule has 0 unspecified atom stereocenters. The average Bonchev–Trinajstić information content (AvgIpc) is 4.02. The number of nitrogens with zero attached hydrogens (tertiary/aromatic N) is 4. The number of para-hydroxylation sites is 2. The third-order valence-corrected chi connectivity index (χ3v) is 14.1. The van der Waals surface area contributed by atoms with E-state index >= 15 is 0 Å². The summed E-state index contributed by atoms with van der Waals surface area (Å²) in [6.07, 6.45) is -4.72. The molecule has 4 heterocycles. The molecule has 0 aliphatic rings. The van der Waals surface area contributed by atoms with Gasteiger partial charge in [-0.15, -0.1) is 22.7 Å². The van der Waals surface area contributed by atoms with Gasteiger partial charge >= 0.3 is 6.18 Å². The summed E-state index contributed by atoms with van der Waals surface area (Å²) in [7, 11) is 0. The van der Waals surface area contributed by atoms with E-state index in [9.17, 15) is 23.7 Å². The maximum atomic E-state index is 14.6. The van der Waals surface area contributed by atoms with Gasteiger partial charge in [0, 0.05) is 67.5 Å². The highest BCUT2D eigenvalue weighted by Crippen LogP contribution is 2.48. The average molecular weight is 815 g/mol. The van der Waals surface area contributed by atoms with Crippen LogP contribution in [0, 0.1) is 22.7 Å². The van der Waals surface area contributed by atoms with Crippen molar-refractivity contribution in [1.29, 1.82) is 10.5 Å². The van der Waals surface area contributed by atoms with Crippen molar-refractivity contribution in [2.45, 2.75) is 6.18 Å². The summed E-state index contributed by atoms with van der Waals surface area (Å²) >= 11 is 3.39. The standard InChI is InChI=1S/C51H25F3N4S2/c52-51(53,54)30-24-28(26-55)23-29(25-30)31-17-20-41(57-39-13-5-1-9-32(39)34-18-21-44-46(49(34)57)36-11-3-7-15-42(36)59-44)38(27-56)48(31)58-40-14-6-2-10-33(40)35-19-22-45-47(50(35)58)37-12-4-8-16-43(37)60-45/h1-25H. The molecule has 8 aromatic carbocycles. The summed E-state index contributed by atoms with van der Waals surface area (Å²) in [6.45, 7) is 0. The lowest BCUT2D eigenvalue weighted by molar-refractivity contribution is -0.137. The van der Waals surface area contributed by atoms with Gasteiger partial charge in [-0.25, -0.2) is 0 Å². The van der Waals surface area contributed by atoms with E-state index in [4.69, 9.17) is 0 Å². The molecule has 0 radical (unpaired) electrons. The number of benzene rings is 8. The second kappa shape index (κ2) is 12.5. The van der Waals surface area contributed by atoms with Gasteiger partial charge in [0.25, 0.3) is 0 Å². The van der Waals surface area contributed by atoms with Gasteiger partial charge in [0.05, 0.1) is 50.6 Å². The summed E-state index contributed by atoms with van der Waals surface area (Å²) < 4.78 is 52.5. The molecule has 60 heavy (non-hydrogen) atoms. The van der Waals surface area contributed by atoms with Crippen LogP contribution in [0.4, 0.5) is 13.2 Å². The fraction of sp³-hybridized carbons (Fsp3) is 0.0196. The van der Waals surface area contributed by atoms with Gasteiger partial charge in [-0.1, -0.05) is 91.0 Å². The summed E-state index contributed by atoms with van der Waals surface area (Å²) in [4.78, 5) is 0. The number of hydrogen-bond donors (Lipinski definition) is 0. The highest BCUT2D eigenvalue weighted by Gasteiger charge is 2.33. The number of nitriles is 2. The minimum Gasteiger partial charge on any atom is -0.307 e. The van der Waals surface area contributed by atoms with Crippen molar-refractivity contribution < 1.29 is 13.2 Å². The number of aromatic nitrogens is 2. The van der Waals surface area contributed by atoms with Crippen LogP contribution in [-0.2, 0) is 6.18 Å². The molecule has 12 aromatic rings. The van der Waals surface area contributed by atoms with E-state index in [1.807, 2.05) is 78.9 Å². The zero-order valence-electron chi connectivity index (χ0n) is 31.2. The zero-order valence-corrected chi connectivity index (χ0v) is 32.8. The van der Waals surface area contributed by atoms with Crippen LogP contribution in [0.2, 0.25) is 0 Å². The molecule has 282 valence electrons. The number of halogens is 3. The third kappa shape index (κ3) is 4.76. The Bertz CT molecular complexity index is 3920. The lowest BCUT2D eigenvalue weighted by atomic mass is 9.95. The lowest BCUT2D eigenvalue weighted by Gasteiger charge is -2.21. The first kappa shape index (κ1) is 34.6. The van der Waals surface area contributed by atoms with E-state index < -0.39 is 11.7 Å². The molecule has 0 bridgehead atoms. The van der Waals surface area contributed by atoms with Crippen molar-refractivity contribution >= 4 is 107 Å². The summed E-state index contributed by atoms with van der Waals surface area (Å²) in [5, 5.41) is 29.9. The Morgan fingerprint density at radius 2 is 1.02 bits per heavy atom. The molecule has 0 N–H and O–H groups in total. The molecule has 0 amide bonds. The number of hydrogen-bond acceptors (Lipinski definition) is 4. The Hall–Kier alpha value is -7.43. The molecule has 0 fully saturated rings. The molecule has 9 heteroatoms. The van der Waals surface area contributed by atoms with E-state index in [2.05, 4.69) is 75.9 Å². The van der Waals surface area contributed by atoms with Gasteiger partial charge in [0.2, 0.25) is 0 Å². The molecule has 12 rings (SSSR count). The van der Waals surface area contributed by atoms with Crippen molar-refractivity contribution in [3.8, 4) is 34.6 Å². The van der Waals surface area contributed by atoms with Gasteiger partial charge in [-0.05, 0) is 66.2 Å². The molecule has 0 atom stereocenters. The Morgan fingerprint density at radius 3 is 1.58 bits per heavy atom. The van der Waals surface area contributed by atoms with Crippen LogP contribution in [0.1, 0.15) is 16.7 Å².